The monoisotopic (exact) mass is 462 g/mol. The second kappa shape index (κ2) is 7.66. The minimum atomic E-state index is -1.08. The maximum atomic E-state index is 12.2. The lowest BCUT2D eigenvalue weighted by Gasteiger charge is -2.43. The summed E-state index contributed by atoms with van der Waals surface area (Å²) in [5, 5.41) is 12.2. The second-order valence-electron chi connectivity index (χ2n) is 10.1. The van der Waals surface area contributed by atoms with E-state index in [1.807, 2.05) is 42.5 Å². The van der Waals surface area contributed by atoms with Gasteiger partial charge in [-0.05, 0) is 63.6 Å². The number of benzene rings is 3. The van der Waals surface area contributed by atoms with Gasteiger partial charge in [0.1, 0.15) is 5.60 Å². The van der Waals surface area contributed by atoms with Crippen LogP contribution in [-0.4, -0.2) is 5.11 Å². The molecule has 0 amide bonds. The first-order chi connectivity index (χ1) is 14.1. The van der Waals surface area contributed by atoms with E-state index in [1.54, 1.807) is 0 Å². The molecule has 1 atom stereocenters. The number of rotatable bonds is 4. The Labute approximate surface area is 189 Å². The van der Waals surface area contributed by atoms with Crippen LogP contribution in [0.4, 0.5) is 0 Å². The summed E-state index contributed by atoms with van der Waals surface area (Å²) in [5.41, 5.74) is 5.00. The Morgan fingerprint density at radius 3 is 2.00 bits per heavy atom. The van der Waals surface area contributed by atoms with Crippen molar-refractivity contribution in [1.29, 1.82) is 0 Å². The molecule has 3 aromatic carbocycles. The average Bonchev–Trinajstić information content (AvgIpc) is 2.73. The van der Waals surface area contributed by atoms with E-state index < -0.39 is 5.60 Å². The van der Waals surface area contributed by atoms with Crippen LogP contribution < -0.4 is 0 Å². The molecule has 1 aliphatic carbocycles. The maximum Gasteiger partial charge on any atom is 0.119 e. The van der Waals surface area contributed by atoms with Crippen LogP contribution in [0.25, 0.3) is 0 Å². The Balaban J connectivity index is 1.87. The molecule has 156 valence electrons. The molecule has 1 unspecified atom stereocenters. The Morgan fingerprint density at radius 1 is 0.767 bits per heavy atom. The summed E-state index contributed by atoms with van der Waals surface area (Å²) in [5.74, 6) is 0. The van der Waals surface area contributed by atoms with Crippen molar-refractivity contribution < 1.29 is 5.11 Å². The maximum absolute atomic E-state index is 12.2. The normalized spacial score (nSPS) is 19.0. The minimum absolute atomic E-state index is 0.107. The number of fused-ring (bicyclic) bond motifs is 1. The van der Waals surface area contributed by atoms with Gasteiger partial charge in [0.25, 0.3) is 0 Å². The summed E-state index contributed by atoms with van der Waals surface area (Å²) < 4.78 is 1.05. The SMILES string of the molecule is CC1(C)CCC(C)(C)c2cc(C(O)(Cc3ccc(Br)cc3)c3ccccc3)ccc21. The van der Waals surface area contributed by atoms with Gasteiger partial charge in [0.05, 0.1) is 0 Å². The fourth-order valence-electron chi connectivity index (χ4n) is 4.83. The number of aliphatic hydroxyl groups is 1. The molecule has 0 aromatic heterocycles. The first kappa shape index (κ1) is 21.3. The molecule has 1 aliphatic rings. The van der Waals surface area contributed by atoms with Crippen LogP contribution >= 0.6 is 15.9 Å². The largest absolute Gasteiger partial charge is 0.380 e. The summed E-state index contributed by atoms with van der Waals surface area (Å²) in [6.45, 7) is 9.35. The van der Waals surface area contributed by atoms with Crippen molar-refractivity contribution in [3.8, 4) is 0 Å². The molecule has 0 fully saturated rings. The van der Waals surface area contributed by atoms with Crippen LogP contribution in [0.15, 0.2) is 77.3 Å². The molecule has 3 aromatic rings. The van der Waals surface area contributed by atoms with Gasteiger partial charge >= 0.3 is 0 Å². The van der Waals surface area contributed by atoms with Gasteiger partial charge in [-0.3, -0.25) is 0 Å². The summed E-state index contributed by atoms with van der Waals surface area (Å²) in [6.07, 6.45) is 2.88. The van der Waals surface area contributed by atoms with Gasteiger partial charge in [0, 0.05) is 10.9 Å². The zero-order valence-corrected chi connectivity index (χ0v) is 20.0. The van der Waals surface area contributed by atoms with Crippen molar-refractivity contribution in [2.24, 2.45) is 0 Å². The van der Waals surface area contributed by atoms with Gasteiger partial charge in [-0.1, -0.05) is 104 Å². The highest BCUT2D eigenvalue weighted by Gasteiger charge is 2.39. The van der Waals surface area contributed by atoms with Crippen molar-refractivity contribution in [1.82, 2.24) is 0 Å². The van der Waals surface area contributed by atoms with Gasteiger partial charge in [-0.25, -0.2) is 0 Å². The quantitative estimate of drug-likeness (QED) is 0.431. The molecule has 1 N–H and O–H groups in total. The third-order valence-corrected chi connectivity index (χ3v) is 7.48. The van der Waals surface area contributed by atoms with Crippen molar-refractivity contribution in [2.75, 3.05) is 0 Å². The molecule has 30 heavy (non-hydrogen) atoms. The number of hydrogen-bond donors (Lipinski definition) is 1. The fraction of sp³-hybridized carbons (Fsp3) is 0.357. The van der Waals surface area contributed by atoms with E-state index in [9.17, 15) is 5.11 Å². The third-order valence-electron chi connectivity index (χ3n) is 6.95. The first-order valence-corrected chi connectivity index (χ1v) is 11.6. The summed E-state index contributed by atoms with van der Waals surface area (Å²) in [4.78, 5) is 0. The molecule has 1 nitrogen and oxygen atoms in total. The molecule has 4 rings (SSSR count). The topological polar surface area (TPSA) is 20.2 Å². The Hall–Kier alpha value is -1.90. The predicted octanol–water partition coefficient (Wildman–Crippen LogP) is 7.28. The van der Waals surface area contributed by atoms with Crippen molar-refractivity contribution in [3.63, 3.8) is 0 Å². The number of hydrogen-bond acceptors (Lipinski definition) is 1. The fourth-order valence-corrected chi connectivity index (χ4v) is 5.09. The molecule has 0 saturated carbocycles. The zero-order chi connectivity index (χ0) is 21.6. The summed E-state index contributed by atoms with van der Waals surface area (Å²) in [6, 6.07) is 25.0. The van der Waals surface area contributed by atoms with Gasteiger partial charge < -0.3 is 5.11 Å². The van der Waals surface area contributed by atoms with Crippen LogP contribution in [0.2, 0.25) is 0 Å². The molecule has 0 spiro atoms. The molecule has 0 aliphatic heterocycles. The standard InChI is InChI=1S/C28H31BrO/c1-26(2)16-17-27(3,4)25-18-22(12-15-24(25)26)28(30,21-8-6-5-7-9-21)19-20-10-13-23(29)14-11-20/h5-15,18,30H,16-17,19H2,1-4H3. The van der Waals surface area contributed by atoms with Crippen molar-refractivity contribution >= 4 is 15.9 Å². The van der Waals surface area contributed by atoms with Gasteiger partial charge in [-0.2, -0.15) is 0 Å². The van der Waals surface area contributed by atoms with Gasteiger partial charge in [0.2, 0.25) is 0 Å². The highest BCUT2D eigenvalue weighted by molar-refractivity contribution is 9.10. The molecule has 2 heteroatoms. The van der Waals surface area contributed by atoms with E-state index in [4.69, 9.17) is 0 Å². The average molecular weight is 463 g/mol. The van der Waals surface area contributed by atoms with Crippen LogP contribution in [0.3, 0.4) is 0 Å². The third kappa shape index (κ3) is 3.88. The first-order valence-electron chi connectivity index (χ1n) is 10.8. The highest BCUT2D eigenvalue weighted by atomic mass is 79.9. The molecule has 0 saturated heterocycles. The molecule has 0 bridgehead atoms. The van der Waals surface area contributed by atoms with E-state index in [2.05, 4.69) is 74.0 Å². The lowest BCUT2D eigenvalue weighted by Crippen LogP contribution is -2.36. The van der Waals surface area contributed by atoms with Crippen LogP contribution in [0, 0.1) is 0 Å². The van der Waals surface area contributed by atoms with E-state index in [-0.39, 0.29) is 10.8 Å². The van der Waals surface area contributed by atoms with E-state index in [1.165, 1.54) is 17.5 Å². The van der Waals surface area contributed by atoms with E-state index >= 15 is 0 Å². The predicted molar refractivity (Wildman–Crippen MR) is 129 cm³/mol. The zero-order valence-electron chi connectivity index (χ0n) is 18.4. The molecule has 0 heterocycles. The number of halogens is 1. The van der Waals surface area contributed by atoms with Crippen molar-refractivity contribution in [2.45, 2.75) is 63.4 Å². The van der Waals surface area contributed by atoms with Gasteiger partial charge in [-0.15, -0.1) is 0 Å². The summed E-state index contributed by atoms with van der Waals surface area (Å²) >= 11 is 3.52. The lowest BCUT2D eigenvalue weighted by molar-refractivity contribution is 0.0808. The van der Waals surface area contributed by atoms with Crippen LogP contribution in [0.1, 0.15) is 68.4 Å². The highest BCUT2D eigenvalue weighted by Crippen LogP contribution is 2.47. The minimum Gasteiger partial charge on any atom is -0.380 e. The van der Waals surface area contributed by atoms with E-state index in [0.717, 1.165) is 27.6 Å². The smallest absolute Gasteiger partial charge is 0.119 e. The van der Waals surface area contributed by atoms with Crippen molar-refractivity contribution in [3.05, 3.63) is 105 Å². The van der Waals surface area contributed by atoms with Crippen LogP contribution in [-0.2, 0) is 22.9 Å². The summed E-state index contributed by atoms with van der Waals surface area (Å²) in [7, 11) is 0. The van der Waals surface area contributed by atoms with Gasteiger partial charge in [0.15, 0.2) is 0 Å². The van der Waals surface area contributed by atoms with E-state index in [0.29, 0.717) is 6.42 Å². The molecular formula is C28H31BrO. The Bertz CT molecular complexity index is 1030. The lowest BCUT2D eigenvalue weighted by atomic mass is 9.62. The molecule has 0 radical (unpaired) electrons. The molecular weight excluding hydrogens is 432 g/mol. The second-order valence-corrected chi connectivity index (χ2v) is 11.0. The Kier molecular flexibility index (Phi) is 5.45. The van der Waals surface area contributed by atoms with Crippen LogP contribution in [0.5, 0.6) is 0 Å². The Morgan fingerprint density at radius 2 is 1.37 bits per heavy atom.